The molecule has 0 bridgehead atoms. The first kappa shape index (κ1) is 20.7. The van der Waals surface area contributed by atoms with Crippen LogP contribution in [0.3, 0.4) is 0 Å². The number of rotatable bonds is 8. The van der Waals surface area contributed by atoms with E-state index in [-0.39, 0.29) is 11.8 Å². The second-order valence-corrected chi connectivity index (χ2v) is 7.67. The van der Waals surface area contributed by atoms with Crippen molar-refractivity contribution in [1.82, 2.24) is 4.90 Å². The molecule has 2 aromatic carbocycles. The fourth-order valence-electron chi connectivity index (χ4n) is 2.41. The topological polar surface area (TPSA) is 84.9 Å². The molecule has 2 amide bonds. The van der Waals surface area contributed by atoms with E-state index in [2.05, 4.69) is 5.32 Å². The molecule has 0 fully saturated rings. The minimum atomic E-state index is -3.57. The van der Waals surface area contributed by atoms with Crippen molar-refractivity contribution in [3.63, 3.8) is 0 Å². The average molecular weight is 392 g/mol. The van der Waals surface area contributed by atoms with Gasteiger partial charge in [-0.15, -0.1) is 0 Å². The highest BCUT2D eigenvalue weighted by atomic mass is 32.2. The summed E-state index contributed by atoms with van der Waals surface area (Å²) in [5.74, 6) is 0.231. The fraction of sp³-hybridized carbons (Fsp3) is 0.316. The Morgan fingerprint density at radius 3 is 2.37 bits per heavy atom. The molecule has 1 N–H and O–H groups in total. The van der Waals surface area contributed by atoms with Gasteiger partial charge in [0.05, 0.1) is 12.9 Å². The third-order valence-electron chi connectivity index (χ3n) is 3.78. The summed E-state index contributed by atoms with van der Waals surface area (Å²) in [5.41, 5.74) is 2.56. The number of nitrogens with one attached hydrogen (secondary N) is 1. The molecular weight excluding hydrogens is 368 g/mol. The monoisotopic (exact) mass is 392 g/mol. The van der Waals surface area contributed by atoms with E-state index < -0.39 is 10.1 Å². The summed E-state index contributed by atoms with van der Waals surface area (Å²) in [4.78, 5) is 14.3. The Labute approximate surface area is 160 Å². The summed E-state index contributed by atoms with van der Waals surface area (Å²) in [6.45, 7) is 3.09. The van der Waals surface area contributed by atoms with Gasteiger partial charge in [0, 0.05) is 25.9 Å². The van der Waals surface area contributed by atoms with E-state index in [0.717, 1.165) is 23.1 Å². The maximum Gasteiger partial charge on any atom is 0.322 e. The molecule has 0 heterocycles. The van der Waals surface area contributed by atoms with Crippen molar-refractivity contribution in [3.8, 4) is 5.75 Å². The molecule has 2 aromatic rings. The lowest BCUT2D eigenvalue weighted by molar-refractivity contribution is 0.153. The first-order chi connectivity index (χ1) is 12.8. The van der Waals surface area contributed by atoms with E-state index in [9.17, 15) is 13.2 Å². The molecule has 0 atom stereocenters. The number of amides is 2. The SMILES string of the molecule is COCCN(Cc1ccc(OS(C)(=O)=O)cc1)C(=O)Nc1ccccc1C. The van der Waals surface area contributed by atoms with Crippen LogP contribution in [0.2, 0.25) is 0 Å². The Morgan fingerprint density at radius 2 is 1.78 bits per heavy atom. The number of anilines is 1. The van der Waals surface area contributed by atoms with Crippen LogP contribution >= 0.6 is 0 Å². The third kappa shape index (κ3) is 6.92. The Hall–Kier alpha value is -2.58. The van der Waals surface area contributed by atoms with Crippen molar-refractivity contribution in [1.29, 1.82) is 0 Å². The fourth-order valence-corrected chi connectivity index (χ4v) is 2.87. The molecule has 0 radical (unpaired) electrons. The number of carbonyl (C=O) groups is 1. The molecule has 0 aliphatic carbocycles. The number of methoxy groups -OCH3 is 1. The number of hydrogen-bond donors (Lipinski definition) is 1. The number of ether oxygens (including phenoxy) is 1. The molecule has 27 heavy (non-hydrogen) atoms. The molecule has 146 valence electrons. The first-order valence-electron chi connectivity index (χ1n) is 8.37. The lowest BCUT2D eigenvalue weighted by Gasteiger charge is -2.23. The van der Waals surface area contributed by atoms with Crippen LogP contribution < -0.4 is 9.50 Å². The van der Waals surface area contributed by atoms with Gasteiger partial charge in [0.1, 0.15) is 5.75 Å². The quantitative estimate of drug-likeness (QED) is 0.698. The summed E-state index contributed by atoms with van der Waals surface area (Å²) in [5, 5.41) is 2.91. The van der Waals surface area contributed by atoms with Gasteiger partial charge < -0.3 is 19.1 Å². The Kier molecular flexibility index (Phi) is 7.20. The second kappa shape index (κ2) is 9.38. The molecule has 0 aliphatic rings. The number of carbonyl (C=O) groups excluding carboxylic acids is 1. The van der Waals surface area contributed by atoms with E-state index in [0.29, 0.717) is 19.7 Å². The highest BCUT2D eigenvalue weighted by Gasteiger charge is 2.15. The summed E-state index contributed by atoms with van der Waals surface area (Å²) in [6.07, 6.45) is 0.989. The maximum atomic E-state index is 12.7. The molecule has 2 rings (SSSR count). The van der Waals surface area contributed by atoms with Crippen molar-refractivity contribution >= 4 is 21.8 Å². The van der Waals surface area contributed by atoms with Gasteiger partial charge in [-0.2, -0.15) is 8.42 Å². The van der Waals surface area contributed by atoms with Crippen molar-refractivity contribution in [2.75, 3.05) is 31.8 Å². The second-order valence-electron chi connectivity index (χ2n) is 6.09. The van der Waals surface area contributed by atoms with E-state index in [1.807, 2.05) is 31.2 Å². The van der Waals surface area contributed by atoms with E-state index >= 15 is 0 Å². The third-order valence-corrected chi connectivity index (χ3v) is 4.28. The van der Waals surface area contributed by atoms with E-state index in [1.165, 1.54) is 0 Å². The summed E-state index contributed by atoms with van der Waals surface area (Å²) in [7, 11) is -1.99. The van der Waals surface area contributed by atoms with E-state index in [1.54, 1.807) is 36.3 Å². The zero-order valence-corrected chi connectivity index (χ0v) is 16.5. The number of para-hydroxylation sites is 1. The molecule has 0 saturated heterocycles. The number of urea groups is 1. The summed E-state index contributed by atoms with van der Waals surface area (Å²) < 4.78 is 32.3. The van der Waals surface area contributed by atoms with Crippen LogP contribution in [0.5, 0.6) is 5.75 Å². The van der Waals surface area contributed by atoms with Crippen LogP contribution in [0, 0.1) is 6.92 Å². The maximum absolute atomic E-state index is 12.7. The van der Waals surface area contributed by atoms with Crippen molar-refractivity contribution < 1.29 is 22.1 Å². The molecule has 0 aliphatic heterocycles. The highest BCUT2D eigenvalue weighted by Crippen LogP contribution is 2.17. The minimum Gasteiger partial charge on any atom is -0.383 e. The van der Waals surface area contributed by atoms with Crippen LogP contribution in [0.15, 0.2) is 48.5 Å². The highest BCUT2D eigenvalue weighted by molar-refractivity contribution is 7.86. The predicted octanol–water partition coefficient (Wildman–Crippen LogP) is 3.01. The summed E-state index contributed by atoms with van der Waals surface area (Å²) in [6, 6.07) is 13.9. The number of benzene rings is 2. The zero-order chi connectivity index (χ0) is 19.9. The van der Waals surface area contributed by atoms with Gasteiger partial charge in [0.15, 0.2) is 0 Å². The Bertz CT molecular complexity index is 866. The molecule has 0 aromatic heterocycles. The zero-order valence-electron chi connectivity index (χ0n) is 15.6. The van der Waals surface area contributed by atoms with Gasteiger partial charge in [-0.3, -0.25) is 0 Å². The molecule has 0 spiro atoms. The van der Waals surface area contributed by atoms with Crippen molar-refractivity contribution in [2.45, 2.75) is 13.5 Å². The van der Waals surface area contributed by atoms with Gasteiger partial charge in [0.25, 0.3) is 0 Å². The van der Waals surface area contributed by atoms with Crippen LogP contribution in [0.25, 0.3) is 0 Å². The van der Waals surface area contributed by atoms with Crippen LogP contribution in [0.4, 0.5) is 10.5 Å². The molecule has 0 unspecified atom stereocenters. The molecule has 8 heteroatoms. The Balaban J connectivity index is 2.09. The van der Waals surface area contributed by atoms with Crippen molar-refractivity contribution in [3.05, 3.63) is 59.7 Å². The van der Waals surface area contributed by atoms with Crippen LogP contribution in [-0.4, -0.2) is 45.9 Å². The smallest absolute Gasteiger partial charge is 0.322 e. The van der Waals surface area contributed by atoms with Crippen molar-refractivity contribution in [2.24, 2.45) is 0 Å². The van der Waals surface area contributed by atoms with Crippen LogP contribution in [-0.2, 0) is 21.4 Å². The standard InChI is InChI=1S/C19H24N2O5S/c1-15-6-4-5-7-18(15)20-19(22)21(12-13-25-2)14-16-8-10-17(11-9-16)26-27(3,23)24/h4-11H,12-14H2,1-3H3,(H,20,22). The molecule has 7 nitrogen and oxygen atoms in total. The normalized spacial score (nSPS) is 11.1. The number of hydrogen-bond acceptors (Lipinski definition) is 5. The van der Waals surface area contributed by atoms with Gasteiger partial charge in [-0.25, -0.2) is 4.79 Å². The van der Waals surface area contributed by atoms with Gasteiger partial charge in [-0.1, -0.05) is 30.3 Å². The average Bonchev–Trinajstić information content (AvgIpc) is 2.60. The molecule has 0 saturated carbocycles. The minimum absolute atomic E-state index is 0.231. The summed E-state index contributed by atoms with van der Waals surface area (Å²) >= 11 is 0. The number of nitrogens with zero attached hydrogens (tertiary/aromatic N) is 1. The largest absolute Gasteiger partial charge is 0.383 e. The van der Waals surface area contributed by atoms with Crippen LogP contribution in [0.1, 0.15) is 11.1 Å². The first-order valence-corrected chi connectivity index (χ1v) is 10.2. The van der Waals surface area contributed by atoms with E-state index in [4.69, 9.17) is 8.92 Å². The lowest BCUT2D eigenvalue weighted by atomic mass is 10.2. The van der Waals surface area contributed by atoms with Gasteiger partial charge >= 0.3 is 16.1 Å². The predicted molar refractivity (Wildman–Crippen MR) is 104 cm³/mol. The number of aryl methyl sites for hydroxylation is 1. The lowest BCUT2D eigenvalue weighted by Crippen LogP contribution is -2.37. The van der Waals surface area contributed by atoms with Gasteiger partial charge in [0.2, 0.25) is 0 Å². The Morgan fingerprint density at radius 1 is 1.11 bits per heavy atom. The van der Waals surface area contributed by atoms with Gasteiger partial charge in [-0.05, 0) is 36.2 Å². The molecular formula is C19H24N2O5S.